The first-order valence-electron chi connectivity index (χ1n) is 6.30. The van der Waals surface area contributed by atoms with Crippen LogP contribution in [0.3, 0.4) is 0 Å². The minimum atomic E-state index is -4.61. The number of nitrogens with one attached hydrogen (secondary N) is 1. The van der Waals surface area contributed by atoms with Crippen molar-refractivity contribution in [3.63, 3.8) is 0 Å². The first kappa shape index (κ1) is 16.5. The number of hydrazine groups is 1. The highest BCUT2D eigenvalue weighted by atomic mass is 19.4. The molecule has 0 aliphatic heterocycles. The molecule has 0 fully saturated rings. The van der Waals surface area contributed by atoms with Gasteiger partial charge in [0, 0.05) is 19.2 Å². The molecule has 0 aromatic carbocycles. The van der Waals surface area contributed by atoms with Gasteiger partial charge in [-0.2, -0.15) is 13.2 Å². The molecule has 0 aliphatic carbocycles. The Hall–Kier alpha value is -1.57. The molecule has 3 N–H and O–H groups in total. The molecule has 1 aromatic heterocycles. The number of nitrogens with zero attached hydrogens (tertiary/aromatic N) is 3. The molecule has 0 aliphatic rings. The Kier molecular flexibility index (Phi) is 5.15. The summed E-state index contributed by atoms with van der Waals surface area (Å²) in [4.78, 5) is 8.59. The van der Waals surface area contributed by atoms with E-state index in [1.54, 1.807) is 11.9 Å². The van der Waals surface area contributed by atoms with Crippen LogP contribution in [0.25, 0.3) is 0 Å². The lowest BCUT2D eigenvalue weighted by Gasteiger charge is -2.28. The van der Waals surface area contributed by atoms with Gasteiger partial charge in [0.1, 0.15) is 11.6 Å². The summed E-state index contributed by atoms with van der Waals surface area (Å²) in [6.07, 6.45) is -3.77. The average molecular weight is 291 g/mol. The molecule has 5 nitrogen and oxygen atoms in total. The summed E-state index contributed by atoms with van der Waals surface area (Å²) in [6.45, 7) is 6.04. The van der Waals surface area contributed by atoms with Gasteiger partial charge in [-0.15, -0.1) is 0 Å². The highest BCUT2D eigenvalue weighted by molar-refractivity contribution is 5.49. The Morgan fingerprint density at radius 1 is 1.30 bits per heavy atom. The summed E-state index contributed by atoms with van der Waals surface area (Å²) < 4.78 is 38.2. The Morgan fingerprint density at radius 2 is 1.90 bits per heavy atom. The van der Waals surface area contributed by atoms with Gasteiger partial charge in [-0.1, -0.05) is 13.8 Å². The summed E-state index contributed by atoms with van der Waals surface area (Å²) >= 11 is 0. The Balaban J connectivity index is 3.10. The molecule has 0 saturated heterocycles. The van der Waals surface area contributed by atoms with Crippen LogP contribution in [-0.2, 0) is 6.18 Å². The first-order chi connectivity index (χ1) is 9.15. The number of rotatable bonds is 5. The number of nitrogens with two attached hydrogens (primary N) is 1. The maximum absolute atomic E-state index is 12.7. The van der Waals surface area contributed by atoms with Crippen LogP contribution < -0.4 is 16.2 Å². The Bertz CT molecular complexity index is 447. The molecule has 0 saturated carbocycles. The molecule has 1 rings (SSSR count). The van der Waals surface area contributed by atoms with Crippen LogP contribution in [0.2, 0.25) is 0 Å². The van der Waals surface area contributed by atoms with Crippen molar-refractivity contribution in [2.75, 3.05) is 17.4 Å². The van der Waals surface area contributed by atoms with Crippen molar-refractivity contribution >= 4 is 11.6 Å². The third-order valence-corrected chi connectivity index (χ3v) is 2.95. The normalized spacial score (nSPS) is 13.4. The molecule has 1 atom stereocenters. The maximum Gasteiger partial charge on any atom is 0.451 e. The van der Waals surface area contributed by atoms with Crippen molar-refractivity contribution in [1.82, 2.24) is 9.97 Å². The van der Waals surface area contributed by atoms with Crippen LogP contribution in [0.5, 0.6) is 0 Å². The number of aromatic nitrogens is 2. The van der Waals surface area contributed by atoms with E-state index in [4.69, 9.17) is 5.84 Å². The van der Waals surface area contributed by atoms with E-state index in [1.165, 1.54) is 6.07 Å². The second-order valence-corrected chi connectivity index (χ2v) is 5.17. The van der Waals surface area contributed by atoms with Gasteiger partial charge in [-0.25, -0.2) is 15.8 Å². The zero-order valence-corrected chi connectivity index (χ0v) is 12.0. The summed E-state index contributed by atoms with van der Waals surface area (Å²) in [7, 11) is 1.70. The third kappa shape index (κ3) is 4.22. The summed E-state index contributed by atoms with van der Waals surface area (Å²) in [6, 6.07) is 1.45. The van der Waals surface area contributed by atoms with Crippen molar-refractivity contribution in [1.29, 1.82) is 0 Å². The van der Waals surface area contributed by atoms with Crippen molar-refractivity contribution in [3.05, 3.63) is 11.9 Å². The number of alkyl halides is 3. The Morgan fingerprint density at radius 3 is 2.35 bits per heavy atom. The lowest BCUT2D eigenvalue weighted by molar-refractivity contribution is -0.144. The summed E-state index contributed by atoms with van der Waals surface area (Å²) in [5.74, 6) is 4.52. The van der Waals surface area contributed by atoms with Crippen molar-refractivity contribution in [3.8, 4) is 0 Å². The minimum absolute atomic E-state index is 0.0524. The van der Waals surface area contributed by atoms with Gasteiger partial charge in [0.15, 0.2) is 0 Å². The number of halogens is 3. The number of nitrogen functional groups attached to an aromatic ring is 1. The zero-order chi connectivity index (χ0) is 15.5. The summed E-state index contributed by atoms with van der Waals surface area (Å²) in [5.41, 5.74) is 2.14. The van der Waals surface area contributed by atoms with E-state index in [1.807, 2.05) is 6.92 Å². The van der Waals surface area contributed by atoms with Gasteiger partial charge < -0.3 is 10.3 Å². The molecule has 0 amide bonds. The predicted molar refractivity (Wildman–Crippen MR) is 72.2 cm³/mol. The van der Waals surface area contributed by atoms with Crippen LogP contribution >= 0.6 is 0 Å². The van der Waals surface area contributed by atoms with Crippen molar-refractivity contribution in [2.24, 2.45) is 11.8 Å². The minimum Gasteiger partial charge on any atom is -0.357 e. The van der Waals surface area contributed by atoms with Gasteiger partial charge in [0.2, 0.25) is 5.82 Å². The molecule has 1 unspecified atom stereocenters. The highest BCUT2D eigenvalue weighted by Crippen LogP contribution is 2.29. The number of anilines is 2. The molecule has 1 aromatic rings. The van der Waals surface area contributed by atoms with Crippen molar-refractivity contribution < 1.29 is 13.2 Å². The smallest absolute Gasteiger partial charge is 0.357 e. The maximum atomic E-state index is 12.7. The zero-order valence-electron chi connectivity index (χ0n) is 12.0. The SMILES string of the molecule is CC(C)CC(C)N(C)c1cc(NN)nc(C(F)(F)F)n1. The largest absolute Gasteiger partial charge is 0.451 e. The van der Waals surface area contributed by atoms with Crippen LogP contribution in [0.1, 0.15) is 33.0 Å². The second kappa shape index (κ2) is 6.25. The molecule has 8 heteroatoms. The standard InChI is InChI=1S/C12H20F3N5/c1-7(2)5-8(3)20(4)10-6-9(19-16)17-11(18-10)12(13,14)15/h6-8H,5,16H2,1-4H3,(H,17,18,19). The molecular formula is C12H20F3N5. The first-order valence-corrected chi connectivity index (χ1v) is 6.30. The van der Waals surface area contributed by atoms with Crippen LogP contribution in [0.4, 0.5) is 24.8 Å². The topological polar surface area (TPSA) is 67.1 Å². The van der Waals surface area contributed by atoms with Gasteiger partial charge >= 0.3 is 6.18 Å². The molecule has 114 valence electrons. The van der Waals surface area contributed by atoms with Crippen LogP contribution in [0, 0.1) is 5.92 Å². The molecule has 1 heterocycles. The lowest BCUT2D eigenvalue weighted by Crippen LogP contribution is -2.31. The van der Waals surface area contributed by atoms with E-state index in [0.29, 0.717) is 5.92 Å². The third-order valence-electron chi connectivity index (χ3n) is 2.95. The fourth-order valence-electron chi connectivity index (χ4n) is 1.88. The number of hydrogen-bond acceptors (Lipinski definition) is 5. The fraction of sp³-hybridized carbons (Fsp3) is 0.667. The van der Waals surface area contributed by atoms with Crippen molar-refractivity contribution in [2.45, 2.75) is 39.4 Å². The summed E-state index contributed by atoms with van der Waals surface area (Å²) in [5, 5.41) is 0. The van der Waals surface area contributed by atoms with E-state index in [9.17, 15) is 13.2 Å². The van der Waals surface area contributed by atoms with E-state index in [-0.39, 0.29) is 17.7 Å². The molecular weight excluding hydrogens is 271 g/mol. The monoisotopic (exact) mass is 291 g/mol. The number of hydrogen-bond donors (Lipinski definition) is 2. The molecule has 0 spiro atoms. The van der Waals surface area contributed by atoms with E-state index in [0.717, 1.165) is 6.42 Å². The molecule has 20 heavy (non-hydrogen) atoms. The van der Waals surface area contributed by atoms with Gasteiger partial charge in [0.25, 0.3) is 0 Å². The fourth-order valence-corrected chi connectivity index (χ4v) is 1.88. The van der Waals surface area contributed by atoms with Gasteiger partial charge in [-0.3, -0.25) is 0 Å². The van der Waals surface area contributed by atoms with Gasteiger partial charge in [0.05, 0.1) is 0 Å². The second-order valence-electron chi connectivity index (χ2n) is 5.17. The predicted octanol–water partition coefficient (Wildman–Crippen LogP) is 2.65. The van der Waals surface area contributed by atoms with Crippen LogP contribution in [-0.4, -0.2) is 23.1 Å². The van der Waals surface area contributed by atoms with E-state index in [2.05, 4.69) is 29.2 Å². The molecule has 0 bridgehead atoms. The Labute approximate surface area is 116 Å². The van der Waals surface area contributed by atoms with E-state index < -0.39 is 12.0 Å². The van der Waals surface area contributed by atoms with Gasteiger partial charge in [-0.05, 0) is 19.3 Å². The van der Waals surface area contributed by atoms with Crippen LogP contribution in [0.15, 0.2) is 6.07 Å². The van der Waals surface area contributed by atoms with E-state index >= 15 is 0 Å². The quantitative estimate of drug-likeness (QED) is 0.645. The highest BCUT2D eigenvalue weighted by Gasteiger charge is 2.36. The molecule has 0 radical (unpaired) electrons. The lowest BCUT2D eigenvalue weighted by atomic mass is 10.0. The average Bonchev–Trinajstić information content (AvgIpc) is 2.35.